The summed E-state index contributed by atoms with van der Waals surface area (Å²) in [6, 6.07) is 18.5. The van der Waals surface area contributed by atoms with Crippen molar-refractivity contribution in [2.24, 2.45) is 5.92 Å². The van der Waals surface area contributed by atoms with Gasteiger partial charge in [0.15, 0.2) is 0 Å². The predicted octanol–water partition coefficient (Wildman–Crippen LogP) is 2.51. The number of hydrogen-bond donors (Lipinski definition) is 2. The molecule has 0 aliphatic heterocycles. The van der Waals surface area contributed by atoms with Gasteiger partial charge in [-0.05, 0) is 43.2 Å². The summed E-state index contributed by atoms with van der Waals surface area (Å²) in [5.74, 6) is -0.977. The molecule has 2 N–H and O–H groups in total. The molecular formula is C21H23N3O3. The molecule has 2 aromatic carbocycles. The number of rotatable bonds is 9. The van der Waals surface area contributed by atoms with Crippen molar-refractivity contribution < 1.29 is 14.3 Å². The SMILES string of the molecule is CCOC(=O)[C@H](CNC(=O)CNc1ccc(C#N)cc1)Cc1ccccc1. The minimum Gasteiger partial charge on any atom is -0.466 e. The van der Waals surface area contributed by atoms with Gasteiger partial charge in [-0.1, -0.05) is 30.3 Å². The van der Waals surface area contributed by atoms with E-state index in [4.69, 9.17) is 10.00 Å². The minimum absolute atomic E-state index is 0.0762. The highest BCUT2D eigenvalue weighted by molar-refractivity contribution is 5.81. The molecule has 140 valence electrons. The van der Waals surface area contributed by atoms with Gasteiger partial charge < -0.3 is 15.4 Å². The Labute approximate surface area is 159 Å². The summed E-state index contributed by atoms with van der Waals surface area (Å²) >= 11 is 0. The summed E-state index contributed by atoms with van der Waals surface area (Å²) in [6.07, 6.45) is 0.503. The molecular weight excluding hydrogens is 342 g/mol. The van der Waals surface area contributed by atoms with Gasteiger partial charge in [0.2, 0.25) is 5.91 Å². The van der Waals surface area contributed by atoms with Crippen LogP contribution in [-0.4, -0.2) is 31.6 Å². The smallest absolute Gasteiger partial charge is 0.311 e. The molecule has 1 atom stereocenters. The molecule has 0 fully saturated rings. The number of ether oxygens (including phenoxy) is 1. The molecule has 1 amide bonds. The zero-order valence-electron chi connectivity index (χ0n) is 15.3. The van der Waals surface area contributed by atoms with Crippen LogP contribution in [0.15, 0.2) is 54.6 Å². The summed E-state index contributed by atoms with van der Waals surface area (Å²) in [7, 11) is 0. The lowest BCUT2D eigenvalue weighted by molar-refractivity contribution is -0.147. The number of nitrogens with one attached hydrogen (secondary N) is 2. The van der Waals surface area contributed by atoms with Crippen LogP contribution in [0, 0.1) is 17.2 Å². The van der Waals surface area contributed by atoms with Crippen LogP contribution in [0.5, 0.6) is 0 Å². The van der Waals surface area contributed by atoms with Gasteiger partial charge in [0, 0.05) is 12.2 Å². The van der Waals surface area contributed by atoms with E-state index in [0.29, 0.717) is 18.6 Å². The van der Waals surface area contributed by atoms with E-state index in [1.807, 2.05) is 36.4 Å². The van der Waals surface area contributed by atoms with E-state index in [9.17, 15) is 9.59 Å². The van der Waals surface area contributed by atoms with E-state index in [2.05, 4.69) is 10.6 Å². The van der Waals surface area contributed by atoms with Crippen LogP contribution < -0.4 is 10.6 Å². The third kappa shape index (κ3) is 6.83. The first-order chi connectivity index (χ1) is 13.1. The number of nitriles is 1. The molecule has 0 unspecified atom stereocenters. The molecule has 0 spiro atoms. The van der Waals surface area contributed by atoms with Crippen LogP contribution in [0.2, 0.25) is 0 Å². The first-order valence-electron chi connectivity index (χ1n) is 8.83. The van der Waals surface area contributed by atoms with E-state index < -0.39 is 5.92 Å². The molecule has 6 heteroatoms. The number of esters is 1. The summed E-state index contributed by atoms with van der Waals surface area (Å²) < 4.78 is 5.13. The predicted molar refractivity (Wildman–Crippen MR) is 103 cm³/mol. The van der Waals surface area contributed by atoms with Gasteiger partial charge >= 0.3 is 5.97 Å². The normalized spacial score (nSPS) is 11.1. The number of amides is 1. The number of anilines is 1. The second-order valence-corrected chi connectivity index (χ2v) is 5.99. The molecule has 0 heterocycles. The van der Waals surface area contributed by atoms with Crippen molar-refractivity contribution in [3.8, 4) is 6.07 Å². The maximum Gasteiger partial charge on any atom is 0.311 e. The Morgan fingerprint density at radius 3 is 2.44 bits per heavy atom. The first-order valence-corrected chi connectivity index (χ1v) is 8.83. The maximum atomic E-state index is 12.2. The zero-order valence-corrected chi connectivity index (χ0v) is 15.3. The van der Waals surface area contributed by atoms with E-state index in [0.717, 1.165) is 11.3 Å². The van der Waals surface area contributed by atoms with Crippen molar-refractivity contribution in [3.63, 3.8) is 0 Å². The molecule has 2 aromatic rings. The van der Waals surface area contributed by atoms with Crippen LogP contribution in [-0.2, 0) is 20.7 Å². The number of nitrogens with zero attached hydrogens (tertiary/aromatic N) is 1. The van der Waals surface area contributed by atoms with Crippen LogP contribution in [0.1, 0.15) is 18.1 Å². The Balaban J connectivity index is 1.85. The second kappa shape index (κ2) is 10.6. The Hall–Kier alpha value is -3.33. The largest absolute Gasteiger partial charge is 0.466 e. The molecule has 0 radical (unpaired) electrons. The van der Waals surface area contributed by atoms with E-state index in [1.54, 1.807) is 31.2 Å². The molecule has 0 saturated heterocycles. The van der Waals surface area contributed by atoms with Crippen molar-refractivity contribution in [2.45, 2.75) is 13.3 Å². The zero-order chi connectivity index (χ0) is 19.5. The van der Waals surface area contributed by atoms with Crippen LogP contribution in [0.3, 0.4) is 0 Å². The molecule has 0 aromatic heterocycles. The summed E-state index contributed by atoms with van der Waals surface area (Å²) in [5, 5.41) is 14.6. The van der Waals surface area contributed by atoms with Crippen molar-refractivity contribution >= 4 is 17.6 Å². The lowest BCUT2D eigenvalue weighted by atomic mass is 9.99. The molecule has 6 nitrogen and oxygen atoms in total. The molecule has 0 aliphatic carbocycles. The summed E-state index contributed by atoms with van der Waals surface area (Å²) in [6.45, 7) is 2.35. The number of benzene rings is 2. The number of carbonyl (C=O) groups is 2. The van der Waals surface area contributed by atoms with Gasteiger partial charge in [0.25, 0.3) is 0 Å². The Morgan fingerprint density at radius 1 is 1.11 bits per heavy atom. The Bertz CT molecular complexity index is 783. The average molecular weight is 365 g/mol. The average Bonchev–Trinajstić information content (AvgIpc) is 2.70. The van der Waals surface area contributed by atoms with Crippen LogP contribution in [0.25, 0.3) is 0 Å². The third-order valence-corrected chi connectivity index (χ3v) is 3.96. The lowest BCUT2D eigenvalue weighted by Crippen LogP contribution is -2.37. The molecule has 27 heavy (non-hydrogen) atoms. The molecule has 0 aliphatic rings. The fourth-order valence-electron chi connectivity index (χ4n) is 2.54. The monoisotopic (exact) mass is 365 g/mol. The van der Waals surface area contributed by atoms with Crippen molar-refractivity contribution in [3.05, 3.63) is 65.7 Å². The van der Waals surface area contributed by atoms with Gasteiger partial charge in [-0.15, -0.1) is 0 Å². The highest BCUT2D eigenvalue weighted by atomic mass is 16.5. The van der Waals surface area contributed by atoms with Gasteiger partial charge in [0.05, 0.1) is 30.7 Å². The van der Waals surface area contributed by atoms with Crippen LogP contribution >= 0.6 is 0 Å². The Kier molecular flexibility index (Phi) is 7.86. The highest BCUT2D eigenvalue weighted by Crippen LogP contribution is 2.11. The van der Waals surface area contributed by atoms with Crippen molar-refractivity contribution in [1.82, 2.24) is 5.32 Å². The third-order valence-electron chi connectivity index (χ3n) is 3.96. The Morgan fingerprint density at radius 2 is 1.81 bits per heavy atom. The van der Waals surface area contributed by atoms with Gasteiger partial charge in [-0.25, -0.2) is 0 Å². The fraction of sp³-hybridized carbons (Fsp3) is 0.286. The maximum absolute atomic E-state index is 12.2. The van der Waals surface area contributed by atoms with Gasteiger partial charge in [0.1, 0.15) is 0 Å². The summed E-state index contributed by atoms with van der Waals surface area (Å²) in [5.41, 5.74) is 2.32. The van der Waals surface area contributed by atoms with Crippen molar-refractivity contribution in [1.29, 1.82) is 5.26 Å². The van der Waals surface area contributed by atoms with Crippen molar-refractivity contribution in [2.75, 3.05) is 25.0 Å². The first kappa shape index (κ1) is 20.0. The second-order valence-electron chi connectivity index (χ2n) is 5.99. The van der Waals surface area contributed by atoms with Gasteiger partial charge in [-0.3, -0.25) is 9.59 Å². The van der Waals surface area contributed by atoms with E-state index in [1.165, 1.54) is 0 Å². The van der Waals surface area contributed by atoms with Crippen LogP contribution in [0.4, 0.5) is 5.69 Å². The van der Waals surface area contributed by atoms with E-state index >= 15 is 0 Å². The topological polar surface area (TPSA) is 91.2 Å². The molecule has 0 bridgehead atoms. The van der Waals surface area contributed by atoms with Gasteiger partial charge in [-0.2, -0.15) is 5.26 Å². The lowest BCUT2D eigenvalue weighted by Gasteiger charge is -2.17. The molecule has 0 saturated carbocycles. The molecule has 2 rings (SSSR count). The standard InChI is InChI=1S/C21H23N3O3/c1-2-27-21(26)18(12-16-6-4-3-5-7-16)14-24-20(25)15-23-19-10-8-17(13-22)9-11-19/h3-11,18,23H,2,12,14-15H2,1H3,(H,24,25)/t18-/m0/s1. The summed E-state index contributed by atoms with van der Waals surface area (Å²) in [4.78, 5) is 24.3. The minimum atomic E-state index is -0.439. The fourth-order valence-corrected chi connectivity index (χ4v) is 2.54. The highest BCUT2D eigenvalue weighted by Gasteiger charge is 2.21. The number of hydrogen-bond acceptors (Lipinski definition) is 5. The van der Waals surface area contributed by atoms with E-state index in [-0.39, 0.29) is 25.0 Å². The number of carbonyl (C=O) groups excluding carboxylic acids is 2. The quantitative estimate of drug-likeness (QED) is 0.666.